The van der Waals surface area contributed by atoms with Crippen molar-refractivity contribution >= 4 is 6.09 Å². The first-order chi connectivity index (χ1) is 10.8. The van der Waals surface area contributed by atoms with Gasteiger partial charge in [0.15, 0.2) is 0 Å². The van der Waals surface area contributed by atoms with Crippen molar-refractivity contribution in [2.75, 3.05) is 6.54 Å². The molecule has 1 aliphatic rings. The van der Waals surface area contributed by atoms with E-state index in [0.29, 0.717) is 19.6 Å². The van der Waals surface area contributed by atoms with Crippen LogP contribution in [-0.4, -0.2) is 32.7 Å². The van der Waals surface area contributed by atoms with Gasteiger partial charge in [-0.3, -0.25) is 0 Å². The van der Waals surface area contributed by atoms with Gasteiger partial charge in [0.1, 0.15) is 11.4 Å². The quantitative estimate of drug-likeness (QED) is 0.809. The minimum atomic E-state index is -0.519. The van der Waals surface area contributed by atoms with Crippen molar-refractivity contribution < 1.29 is 13.9 Å². The van der Waals surface area contributed by atoms with E-state index in [4.69, 9.17) is 4.74 Å². The maximum atomic E-state index is 13.1. The van der Waals surface area contributed by atoms with Crippen LogP contribution in [0.4, 0.5) is 9.18 Å². The van der Waals surface area contributed by atoms with Gasteiger partial charge < -0.3 is 14.2 Å². The number of imidazole rings is 1. The van der Waals surface area contributed by atoms with E-state index in [1.165, 1.54) is 12.1 Å². The second-order valence-corrected chi connectivity index (χ2v) is 6.64. The molecule has 5 nitrogen and oxygen atoms in total. The molecule has 23 heavy (non-hydrogen) atoms. The number of ether oxygens (including phenoxy) is 1. The van der Waals surface area contributed by atoms with Gasteiger partial charge in [0.25, 0.3) is 0 Å². The van der Waals surface area contributed by atoms with Gasteiger partial charge in [-0.05, 0) is 45.0 Å². The van der Waals surface area contributed by atoms with Crippen molar-refractivity contribution in [3.63, 3.8) is 0 Å². The summed E-state index contributed by atoms with van der Waals surface area (Å²) in [5.74, 6) is -0.280. The molecule has 0 aliphatic carbocycles. The summed E-state index contributed by atoms with van der Waals surface area (Å²) in [5, 5.41) is 0. The highest BCUT2D eigenvalue weighted by Gasteiger charge is 2.27. The summed E-state index contributed by atoms with van der Waals surface area (Å²) in [6, 6.07) is 6.22. The first-order valence-corrected chi connectivity index (χ1v) is 7.61. The normalized spacial score (nSPS) is 14.5. The lowest BCUT2D eigenvalue weighted by molar-refractivity contribution is 0.0199. The topological polar surface area (TPSA) is 47.4 Å². The molecule has 0 bridgehead atoms. The molecule has 0 saturated heterocycles. The van der Waals surface area contributed by atoms with E-state index in [0.717, 1.165) is 17.0 Å². The fourth-order valence-electron chi connectivity index (χ4n) is 2.59. The largest absolute Gasteiger partial charge is 0.444 e. The minimum Gasteiger partial charge on any atom is -0.444 e. The first-order valence-electron chi connectivity index (χ1n) is 7.61. The van der Waals surface area contributed by atoms with Crippen LogP contribution < -0.4 is 0 Å². The van der Waals surface area contributed by atoms with Crippen molar-refractivity contribution in [2.24, 2.45) is 0 Å². The molecule has 2 heterocycles. The molecular formula is C17H20FN3O2. The summed E-state index contributed by atoms with van der Waals surface area (Å²) in [5.41, 5.74) is 2.03. The monoisotopic (exact) mass is 317 g/mol. The summed E-state index contributed by atoms with van der Waals surface area (Å²) in [6.07, 6.45) is 1.44. The van der Waals surface area contributed by atoms with Gasteiger partial charge >= 0.3 is 6.09 Å². The Kier molecular flexibility index (Phi) is 3.83. The van der Waals surface area contributed by atoms with Crippen LogP contribution >= 0.6 is 0 Å². The third-order valence-corrected chi connectivity index (χ3v) is 3.67. The predicted octanol–water partition coefficient (Wildman–Crippen LogP) is 3.44. The molecule has 1 aromatic heterocycles. The predicted molar refractivity (Wildman–Crippen MR) is 84.3 cm³/mol. The van der Waals surface area contributed by atoms with Gasteiger partial charge in [-0.1, -0.05) is 0 Å². The van der Waals surface area contributed by atoms with Gasteiger partial charge in [0, 0.05) is 18.7 Å². The standard InChI is InChI=1S/C17H20FN3O2/c1-17(2,3)23-16(22)20-8-9-21-11-19-15(14(21)10-20)12-4-6-13(18)7-5-12/h4-7,11H,8-10H2,1-3H3. The lowest BCUT2D eigenvalue weighted by atomic mass is 10.1. The van der Waals surface area contributed by atoms with Crippen LogP contribution in [0.2, 0.25) is 0 Å². The molecule has 1 aromatic carbocycles. The molecule has 0 saturated carbocycles. The molecule has 122 valence electrons. The van der Waals surface area contributed by atoms with Gasteiger partial charge in [0.2, 0.25) is 0 Å². The second kappa shape index (κ2) is 5.68. The lowest BCUT2D eigenvalue weighted by Gasteiger charge is -2.31. The highest BCUT2D eigenvalue weighted by Crippen LogP contribution is 2.26. The van der Waals surface area contributed by atoms with Crippen molar-refractivity contribution in [3.8, 4) is 11.3 Å². The Hall–Kier alpha value is -2.37. The Balaban J connectivity index is 1.84. The fourth-order valence-corrected chi connectivity index (χ4v) is 2.59. The molecule has 2 aromatic rings. The zero-order chi connectivity index (χ0) is 16.6. The van der Waals surface area contributed by atoms with Crippen molar-refractivity contribution in [2.45, 2.75) is 39.5 Å². The Labute approximate surface area is 134 Å². The Morgan fingerprint density at radius 2 is 1.91 bits per heavy atom. The van der Waals surface area contributed by atoms with E-state index in [2.05, 4.69) is 4.98 Å². The SMILES string of the molecule is CC(C)(C)OC(=O)N1CCn2cnc(-c3ccc(F)cc3)c2C1. The molecule has 1 amide bonds. The Morgan fingerprint density at radius 1 is 1.22 bits per heavy atom. The molecule has 1 aliphatic heterocycles. The van der Waals surface area contributed by atoms with Crippen LogP contribution in [0, 0.1) is 5.82 Å². The third-order valence-electron chi connectivity index (χ3n) is 3.67. The zero-order valence-corrected chi connectivity index (χ0v) is 13.5. The van der Waals surface area contributed by atoms with E-state index in [1.807, 2.05) is 25.3 Å². The molecule has 0 N–H and O–H groups in total. The van der Waals surface area contributed by atoms with Gasteiger partial charge in [0.05, 0.1) is 24.3 Å². The number of carbonyl (C=O) groups is 1. The molecular weight excluding hydrogens is 297 g/mol. The van der Waals surface area contributed by atoms with Crippen LogP contribution in [0.25, 0.3) is 11.3 Å². The maximum absolute atomic E-state index is 13.1. The van der Waals surface area contributed by atoms with E-state index >= 15 is 0 Å². The smallest absolute Gasteiger partial charge is 0.410 e. The van der Waals surface area contributed by atoms with Crippen LogP contribution in [0.5, 0.6) is 0 Å². The van der Waals surface area contributed by atoms with E-state index in [9.17, 15) is 9.18 Å². The number of hydrogen-bond acceptors (Lipinski definition) is 3. The van der Waals surface area contributed by atoms with Crippen molar-refractivity contribution in [1.29, 1.82) is 0 Å². The number of nitrogens with zero attached hydrogens (tertiary/aromatic N) is 3. The highest BCUT2D eigenvalue weighted by molar-refractivity contribution is 5.69. The van der Waals surface area contributed by atoms with E-state index in [-0.39, 0.29) is 11.9 Å². The third kappa shape index (κ3) is 3.36. The highest BCUT2D eigenvalue weighted by atomic mass is 19.1. The van der Waals surface area contributed by atoms with Crippen molar-refractivity contribution in [1.82, 2.24) is 14.5 Å². The number of hydrogen-bond donors (Lipinski definition) is 0. The summed E-state index contributed by atoms with van der Waals surface area (Å²) < 4.78 is 20.6. The summed E-state index contributed by atoms with van der Waals surface area (Å²) in [7, 11) is 0. The summed E-state index contributed by atoms with van der Waals surface area (Å²) in [6.45, 7) is 7.24. The van der Waals surface area contributed by atoms with E-state index < -0.39 is 5.60 Å². The average Bonchev–Trinajstić information content (AvgIpc) is 2.89. The molecule has 0 unspecified atom stereocenters. The molecule has 0 spiro atoms. The number of carbonyl (C=O) groups excluding carboxylic acids is 1. The average molecular weight is 317 g/mol. The number of halogens is 1. The molecule has 3 rings (SSSR count). The van der Waals surface area contributed by atoms with E-state index in [1.54, 1.807) is 23.4 Å². The number of amides is 1. The molecule has 0 fully saturated rings. The minimum absolute atomic E-state index is 0.280. The number of rotatable bonds is 1. The second-order valence-electron chi connectivity index (χ2n) is 6.64. The Morgan fingerprint density at radius 3 is 2.57 bits per heavy atom. The molecule has 0 atom stereocenters. The van der Waals surface area contributed by atoms with Gasteiger partial charge in [-0.2, -0.15) is 0 Å². The van der Waals surface area contributed by atoms with Crippen LogP contribution in [0.1, 0.15) is 26.5 Å². The number of benzene rings is 1. The lowest BCUT2D eigenvalue weighted by Crippen LogP contribution is -2.41. The van der Waals surface area contributed by atoms with Gasteiger partial charge in [-0.15, -0.1) is 0 Å². The first kappa shape index (κ1) is 15.5. The molecule has 0 radical (unpaired) electrons. The fraction of sp³-hybridized carbons (Fsp3) is 0.412. The van der Waals surface area contributed by atoms with Gasteiger partial charge in [-0.25, -0.2) is 14.2 Å². The van der Waals surface area contributed by atoms with Crippen LogP contribution in [0.15, 0.2) is 30.6 Å². The van der Waals surface area contributed by atoms with Crippen molar-refractivity contribution in [3.05, 3.63) is 42.1 Å². The number of fused-ring (bicyclic) bond motifs is 1. The zero-order valence-electron chi connectivity index (χ0n) is 13.5. The summed E-state index contributed by atoms with van der Waals surface area (Å²) in [4.78, 5) is 18.4. The Bertz CT molecular complexity index is 716. The number of aromatic nitrogens is 2. The maximum Gasteiger partial charge on any atom is 0.410 e. The molecule has 6 heteroatoms. The van der Waals surface area contributed by atoms with Crippen LogP contribution in [0.3, 0.4) is 0 Å². The van der Waals surface area contributed by atoms with Crippen LogP contribution in [-0.2, 0) is 17.8 Å². The summed E-state index contributed by atoms with van der Waals surface area (Å²) >= 11 is 0.